The predicted octanol–water partition coefficient (Wildman–Crippen LogP) is 3.01. The fourth-order valence-electron chi connectivity index (χ4n) is 3.17. The third-order valence-electron chi connectivity index (χ3n) is 4.62. The summed E-state index contributed by atoms with van der Waals surface area (Å²) in [6.45, 7) is 0.840. The van der Waals surface area contributed by atoms with E-state index in [1.54, 1.807) is 17.0 Å². The number of aromatic nitrogens is 2. The second-order valence-corrected chi connectivity index (χ2v) is 6.47. The second kappa shape index (κ2) is 7.42. The lowest BCUT2D eigenvalue weighted by molar-refractivity contribution is -0.141. The SMILES string of the molecule is O=C(O)c1cccc(CC(=O)N2CCC(n3ccc(C(F)(F)F)n3)CC2)c1. The number of nitrogens with zero attached hydrogens (tertiary/aromatic N) is 3. The molecule has 0 radical (unpaired) electrons. The lowest BCUT2D eigenvalue weighted by Gasteiger charge is -2.32. The van der Waals surface area contributed by atoms with E-state index in [0.717, 1.165) is 6.07 Å². The molecular formula is C18H18F3N3O3. The number of amides is 1. The molecule has 27 heavy (non-hydrogen) atoms. The predicted molar refractivity (Wildman–Crippen MR) is 89.2 cm³/mol. The van der Waals surface area contributed by atoms with Crippen LogP contribution >= 0.6 is 0 Å². The summed E-state index contributed by atoms with van der Waals surface area (Å²) in [5.41, 5.74) is -0.179. The van der Waals surface area contributed by atoms with Crippen molar-refractivity contribution in [2.75, 3.05) is 13.1 Å². The standard InChI is InChI=1S/C18H18F3N3O3/c19-18(20,21)15-6-9-24(22-15)14-4-7-23(8-5-14)16(25)11-12-2-1-3-13(10-12)17(26)27/h1-3,6,9-10,14H,4-5,7-8,11H2,(H,26,27). The molecule has 144 valence electrons. The van der Waals surface area contributed by atoms with E-state index in [0.29, 0.717) is 31.5 Å². The number of halogens is 3. The highest BCUT2D eigenvalue weighted by atomic mass is 19.4. The van der Waals surface area contributed by atoms with Crippen LogP contribution in [-0.2, 0) is 17.4 Å². The number of carboxylic acids is 1. The summed E-state index contributed by atoms with van der Waals surface area (Å²) >= 11 is 0. The molecule has 0 aliphatic carbocycles. The van der Waals surface area contributed by atoms with Crippen molar-refractivity contribution in [3.8, 4) is 0 Å². The molecule has 0 spiro atoms. The van der Waals surface area contributed by atoms with Crippen LogP contribution in [0, 0.1) is 0 Å². The van der Waals surface area contributed by atoms with Crippen LogP contribution in [0.25, 0.3) is 0 Å². The van der Waals surface area contributed by atoms with Gasteiger partial charge < -0.3 is 10.0 Å². The van der Waals surface area contributed by atoms with Crippen molar-refractivity contribution in [2.24, 2.45) is 0 Å². The van der Waals surface area contributed by atoms with Crippen LogP contribution in [0.3, 0.4) is 0 Å². The largest absolute Gasteiger partial charge is 0.478 e. The van der Waals surface area contributed by atoms with Gasteiger partial charge in [-0.15, -0.1) is 0 Å². The van der Waals surface area contributed by atoms with Crippen molar-refractivity contribution in [2.45, 2.75) is 31.5 Å². The Morgan fingerprint density at radius 2 is 1.89 bits per heavy atom. The van der Waals surface area contributed by atoms with Gasteiger partial charge >= 0.3 is 12.1 Å². The number of carboxylic acid groups (broad SMARTS) is 1. The number of hydrogen-bond donors (Lipinski definition) is 1. The molecule has 0 unspecified atom stereocenters. The Morgan fingerprint density at radius 3 is 2.48 bits per heavy atom. The second-order valence-electron chi connectivity index (χ2n) is 6.47. The van der Waals surface area contributed by atoms with Crippen molar-refractivity contribution < 1.29 is 27.9 Å². The zero-order valence-electron chi connectivity index (χ0n) is 14.3. The van der Waals surface area contributed by atoms with Gasteiger partial charge in [-0.05, 0) is 36.6 Å². The molecular weight excluding hydrogens is 363 g/mol. The van der Waals surface area contributed by atoms with Gasteiger partial charge in [-0.2, -0.15) is 18.3 Å². The van der Waals surface area contributed by atoms with Crippen LogP contribution in [-0.4, -0.2) is 44.8 Å². The number of aromatic carboxylic acids is 1. The molecule has 1 aromatic heterocycles. The maximum atomic E-state index is 12.7. The summed E-state index contributed by atoms with van der Waals surface area (Å²) < 4.78 is 39.3. The molecule has 9 heteroatoms. The number of alkyl halides is 3. The summed E-state index contributed by atoms with van der Waals surface area (Å²) in [6, 6.07) is 6.98. The molecule has 3 rings (SSSR count). The highest BCUT2D eigenvalue weighted by molar-refractivity contribution is 5.88. The van der Waals surface area contributed by atoms with Crippen molar-refractivity contribution in [3.05, 3.63) is 53.3 Å². The van der Waals surface area contributed by atoms with Crippen LogP contribution < -0.4 is 0 Å². The molecule has 1 aliphatic heterocycles. The van der Waals surface area contributed by atoms with E-state index in [1.165, 1.54) is 23.0 Å². The van der Waals surface area contributed by atoms with Gasteiger partial charge in [0.2, 0.25) is 5.91 Å². The lowest BCUT2D eigenvalue weighted by Crippen LogP contribution is -2.40. The fourth-order valence-corrected chi connectivity index (χ4v) is 3.17. The monoisotopic (exact) mass is 381 g/mol. The number of carbonyl (C=O) groups is 2. The topological polar surface area (TPSA) is 75.4 Å². The number of piperidine rings is 1. The molecule has 0 bridgehead atoms. The summed E-state index contributed by atoms with van der Waals surface area (Å²) in [5, 5.41) is 12.6. The zero-order valence-corrected chi connectivity index (χ0v) is 14.3. The van der Waals surface area contributed by atoms with Gasteiger partial charge in [-0.25, -0.2) is 4.79 Å². The van der Waals surface area contributed by atoms with Crippen molar-refractivity contribution in [1.29, 1.82) is 0 Å². The third kappa shape index (κ3) is 4.47. The van der Waals surface area contributed by atoms with Crippen LogP contribution in [0.4, 0.5) is 13.2 Å². The number of carbonyl (C=O) groups excluding carboxylic acids is 1. The maximum absolute atomic E-state index is 12.7. The first-order valence-corrected chi connectivity index (χ1v) is 8.46. The van der Waals surface area contributed by atoms with Gasteiger partial charge in [-0.3, -0.25) is 9.48 Å². The average Bonchev–Trinajstić information content (AvgIpc) is 3.12. The Morgan fingerprint density at radius 1 is 1.19 bits per heavy atom. The zero-order chi connectivity index (χ0) is 19.6. The molecule has 6 nitrogen and oxygen atoms in total. The smallest absolute Gasteiger partial charge is 0.435 e. The molecule has 1 saturated heterocycles. The third-order valence-corrected chi connectivity index (χ3v) is 4.62. The Bertz CT molecular complexity index is 840. The molecule has 1 amide bonds. The van der Waals surface area contributed by atoms with Crippen LogP contribution in [0.2, 0.25) is 0 Å². The summed E-state index contributed by atoms with van der Waals surface area (Å²) in [6.07, 6.45) is -2.03. The summed E-state index contributed by atoms with van der Waals surface area (Å²) in [4.78, 5) is 25.1. The number of likely N-dealkylation sites (tertiary alicyclic amines) is 1. The van der Waals surface area contributed by atoms with E-state index in [1.807, 2.05) is 0 Å². The van der Waals surface area contributed by atoms with E-state index in [2.05, 4.69) is 5.10 Å². The van der Waals surface area contributed by atoms with Gasteiger partial charge in [0.25, 0.3) is 0 Å². The highest BCUT2D eigenvalue weighted by Gasteiger charge is 2.34. The van der Waals surface area contributed by atoms with E-state index in [9.17, 15) is 22.8 Å². The number of benzene rings is 1. The fraction of sp³-hybridized carbons (Fsp3) is 0.389. The summed E-state index contributed by atoms with van der Waals surface area (Å²) in [7, 11) is 0. The van der Waals surface area contributed by atoms with Gasteiger partial charge in [0.1, 0.15) is 0 Å². The normalized spacial score (nSPS) is 15.7. The van der Waals surface area contributed by atoms with E-state index in [4.69, 9.17) is 5.11 Å². The van der Waals surface area contributed by atoms with E-state index >= 15 is 0 Å². The van der Waals surface area contributed by atoms with Gasteiger partial charge in [0.05, 0.1) is 18.0 Å². The van der Waals surface area contributed by atoms with Crippen molar-refractivity contribution in [3.63, 3.8) is 0 Å². The van der Waals surface area contributed by atoms with Crippen LogP contribution in [0.5, 0.6) is 0 Å². The van der Waals surface area contributed by atoms with Crippen LogP contribution in [0.1, 0.15) is 40.5 Å². The Kier molecular flexibility index (Phi) is 5.20. The van der Waals surface area contributed by atoms with Crippen molar-refractivity contribution >= 4 is 11.9 Å². The highest BCUT2D eigenvalue weighted by Crippen LogP contribution is 2.29. The van der Waals surface area contributed by atoms with E-state index in [-0.39, 0.29) is 23.9 Å². The average molecular weight is 381 g/mol. The molecule has 1 fully saturated rings. The Balaban J connectivity index is 1.57. The van der Waals surface area contributed by atoms with Gasteiger partial charge in [0.15, 0.2) is 5.69 Å². The van der Waals surface area contributed by atoms with Crippen molar-refractivity contribution in [1.82, 2.24) is 14.7 Å². The Labute approximate surface area is 153 Å². The van der Waals surface area contributed by atoms with Crippen LogP contribution in [0.15, 0.2) is 36.5 Å². The first-order chi connectivity index (χ1) is 12.7. The molecule has 2 aromatic rings. The minimum Gasteiger partial charge on any atom is -0.478 e. The summed E-state index contributed by atoms with van der Waals surface area (Å²) in [5.74, 6) is -1.19. The number of rotatable bonds is 4. The van der Waals surface area contributed by atoms with Gasteiger partial charge in [-0.1, -0.05) is 12.1 Å². The lowest BCUT2D eigenvalue weighted by atomic mass is 10.0. The minimum absolute atomic E-state index is 0.0891. The van der Waals surface area contributed by atoms with E-state index < -0.39 is 17.8 Å². The number of hydrogen-bond acceptors (Lipinski definition) is 3. The molecule has 0 atom stereocenters. The first kappa shape index (κ1) is 18.9. The minimum atomic E-state index is -4.47. The molecule has 1 N–H and O–H groups in total. The first-order valence-electron chi connectivity index (χ1n) is 8.46. The molecule has 1 aromatic carbocycles. The Hall–Kier alpha value is -2.84. The quantitative estimate of drug-likeness (QED) is 0.884. The molecule has 0 saturated carbocycles. The maximum Gasteiger partial charge on any atom is 0.435 e. The van der Waals surface area contributed by atoms with Gasteiger partial charge in [0, 0.05) is 19.3 Å². The molecule has 2 heterocycles. The molecule has 1 aliphatic rings.